The lowest BCUT2D eigenvalue weighted by molar-refractivity contribution is -0.137. The summed E-state index contributed by atoms with van der Waals surface area (Å²) in [5, 5.41) is 0. The third kappa shape index (κ3) is 3.72. The van der Waals surface area contributed by atoms with E-state index >= 15 is 0 Å². The number of hydrogen-bond donors (Lipinski definition) is 1. The number of alkyl halides is 3. The number of nitrogens with one attached hydrogen (secondary N) is 1. The molecule has 1 aliphatic heterocycles. The molecule has 1 aliphatic rings. The second-order valence-corrected chi connectivity index (χ2v) is 7.43. The fourth-order valence-electron chi connectivity index (χ4n) is 2.60. The summed E-state index contributed by atoms with van der Waals surface area (Å²) in [4.78, 5) is -0.465. The van der Waals surface area contributed by atoms with Gasteiger partial charge in [-0.2, -0.15) is 13.2 Å². The van der Waals surface area contributed by atoms with Gasteiger partial charge in [-0.3, -0.25) is 4.72 Å². The van der Waals surface area contributed by atoms with Gasteiger partial charge in [-0.1, -0.05) is 19.4 Å². The Kier molecular flexibility index (Phi) is 4.74. The van der Waals surface area contributed by atoms with Crippen LogP contribution >= 0.6 is 0 Å². The zero-order valence-corrected chi connectivity index (χ0v) is 14.6. The Labute approximate surface area is 148 Å². The topological polar surface area (TPSA) is 64.6 Å². The van der Waals surface area contributed by atoms with E-state index < -0.39 is 26.7 Å². The number of ether oxygens (including phenoxy) is 2. The molecule has 140 valence electrons. The van der Waals surface area contributed by atoms with Crippen LogP contribution in [-0.2, 0) is 22.6 Å². The fourth-order valence-corrected chi connectivity index (χ4v) is 3.74. The number of fused-ring (bicyclic) bond motifs is 1. The Bertz CT molecular complexity index is 926. The molecule has 2 aromatic rings. The van der Waals surface area contributed by atoms with E-state index in [1.165, 1.54) is 6.07 Å². The molecule has 0 unspecified atom stereocenters. The minimum absolute atomic E-state index is 0.0325. The first-order chi connectivity index (χ1) is 12.2. The van der Waals surface area contributed by atoms with Crippen molar-refractivity contribution in [2.75, 3.05) is 11.5 Å². The summed E-state index contributed by atoms with van der Waals surface area (Å²) < 4.78 is 76.6. The molecule has 0 radical (unpaired) electrons. The predicted molar refractivity (Wildman–Crippen MR) is 88.8 cm³/mol. The van der Waals surface area contributed by atoms with Crippen molar-refractivity contribution < 1.29 is 31.1 Å². The molecule has 0 saturated carbocycles. The molecule has 0 bridgehead atoms. The molecule has 2 aromatic carbocycles. The summed E-state index contributed by atoms with van der Waals surface area (Å²) in [5.74, 6) is 0.891. The lowest BCUT2D eigenvalue weighted by Crippen LogP contribution is -2.15. The highest BCUT2D eigenvalue weighted by Crippen LogP contribution is 2.38. The lowest BCUT2D eigenvalue weighted by atomic mass is 10.1. The van der Waals surface area contributed by atoms with Crippen LogP contribution in [-0.4, -0.2) is 15.2 Å². The predicted octanol–water partition coefficient (Wildman–Crippen LogP) is 4.19. The van der Waals surface area contributed by atoms with Crippen molar-refractivity contribution in [1.29, 1.82) is 0 Å². The number of rotatable bonds is 5. The first kappa shape index (κ1) is 18.4. The molecule has 0 aliphatic carbocycles. The highest BCUT2D eigenvalue weighted by Gasteiger charge is 2.32. The molecule has 0 atom stereocenters. The first-order valence-corrected chi connectivity index (χ1v) is 9.31. The molecule has 0 aromatic heterocycles. The van der Waals surface area contributed by atoms with Crippen molar-refractivity contribution in [1.82, 2.24) is 0 Å². The van der Waals surface area contributed by atoms with Gasteiger partial charge in [0.05, 0.1) is 16.1 Å². The van der Waals surface area contributed by atoms with E-state index in [1.54, 1.807) is 6.07 Å². The van der Waals surface area contributed by atoms with Gasteiger partial charge in [0.1, 0.15) is 0 Å². The van der Waals surface area contributed by atoms with Crippen LogP contribution in [0.5, 0.6) is 11.5 Å². The smallest absolute Gasteiger partial charge is 0.416 e. The molecule has 1 N–H and O–H groups in total. The molecule has 3 rings (SSSR count). The standard InChI is InChI=1S/C17H16F3NO4S/c1-2-4-11-7-15-16(25-10-24-15)9-14(11)21-26(22,23)13-6-3-5-12(8-13)17(18,19)20/h3,5-9,21H,2,4,10H2,1H3. The van der Waals surface area contributed by atoms with Crippen LogP contribution < -0.4 is 14.2 Å². The normalized spacial score (nSPS) is 13.7. The van der Waals surface area contributed by atoms with Crippen LogP contribution in [0.4, 0.5) is 18.9 Å². The van der Waals surface area contributed by atoms with Crippen LogP contribution in [0, 0.1) is 0 Å². The monoisotopic (exact) mass is 387 g/mol. The van der Waals surface area contributed by atoms with Crippen LogP contribution in [0.3, 0.4) is 0 Å². The highest BCUT2D eigenvalue weighted by atomic mass is 32.2. The van der Waals surface area contributed by atoms with Crippen LogP contribution in [0.2, 0.25) is 0 Å². The van der Waals surface area contributed by atoms with E-state index in [4.69, 9.17) is 9.47 Å². The average Bonchev–Trinajstić information content (AvgIpc) is 3.01. The van der Waals surface area contributed by atoms with Crippen molar-refractivity contribution in [3.8, 4) is 11.5 Å². The van der Waals surface area contributed by atoms with E-state index in [0.29, 0.717) is 29.5 Å². The van der Waals surface area contributed by atoms with Gasteiger partial charge >= 0.3 is 6.18 Å². The molecule has 5 nitrogen and oxygen atoms in total. The summed E-state index contributed by atoms with van der Waals surface area (Å²) in [7, 11) is -4.20. The molecule has 1 heterocycles. The highest BCUT2D eigenvalue weighted by molar-refractivity contribution is 7.92. The lowest BCUT2D eigenvalue weighted by Gasteiger charge is -2.14. The van der Waals surface area contributed by atoms with E-state index in [2.05, 4.69) is 4.72 Å². The van der Waals surface area contributed by atoms with Crippen molar-refractivity contribution in [2.24, 2.45) is 0 Å². The second-order valence-electron chi connectivity index (χ2n) is 5.74. The van der Waals surface area contributed by atoms with E-state index in [0.717, 1.165) is 24.6 Å². The van der Waals surface area contributed by atoms with Gasteiger partial charge < -0.3 is 9.47 Å². The Hall–Kier alpha value is -2.42. The number of benzene rings is 2. The molecule has 26 heavy (non-hydrogen) atoms. The van der Waals surface area contributed by atoms with Crippen LogP contribution in [0.25, 0.3) is 0 Å². The second kappa shape index (κ2) is 6.71. The van der Waals surface area contributed by atoms with Gasteiger partial charge in [-0.15, -0.1) is 0 Å². The van der Waals surface area contributed by atoms with E-state index in [9.17, 15) is 21.6 Å². The number of halogens is 3. The van der Waals surface area contributed by atoms with Crippen LogP contribution in [0.1, 0.15) is 24.5 Å². The minimum atomic E-state index is -4.63. The number of anilines is 1. The molecule has 9 heteroatoms. The number of sulfonamides is 1. The molecular weight excluding hydrogens is 371 g/mol. The quantitative estimate of drug-likeness (QED) is 0.836. The summed E-state index contributed by atoms with van der Waals surface area (Å²) in [6.45, 7) is 1.96. The maximum Gasteiger partial charge on any atom is 0.416 e. The zero-order chi connectivity index (χ0) is 18.9. The molecule has 0 spiro atoms. The Morgan fingerprint density at radius 2 is 1.81 bits per heavy atom. The van der Waals surface area contributed by atoms with Gasteiger partial charge in [0.25, 0.3) is 10.0 Å². The Morgan fingerprint density at radius 1 is 1.12 bits per heavy atom. The third-order valence-corrected chi connectivity index (χ3v) is 5.20. The third-order valence-electron chi connectivity index (χ3n) is 3.83. The minimum Gasteiger partial charge on any atom is -0.454 e. The average molecular weight is 387 g/mol. The molecule has 0 amide bonds. The van der Waals surface area contributed by atoms with E-state index in [1.807, 2.05) is 6.92 Å². The van der Waals surface area contributed by atoms with E-state index in [-0.39, 0.29) is 12.5 Å². The largest absolute Gasteiger partial charge is 0.454 e. The summed E-state index contributed by atoms with van der Waals surface area (Å²) in [6.07, 6.45) is -3.31. The van der Waals surface area contributed by atoms with Crippen molar-refractivity contribution >= 4 is 15.7 Å². The Balaban J connectivity index is 1.98. The maximum absolute atomic E-state index is 12.9. The number of hydrogen-bond acceptors (Lipinski definition) is 4. The van der Waals surface area contributed by atoms with Crippen molar-refractivity contribution in [3.63, 3.8) is 0 Å². The Morgan fingerprint density at radius 3 is 2.46 bits per heavy atom. The van der Waals surface area contributed by atoms with Gasteiger partial charge in [-0.05, 0) is 36.2 Å². The van der Waals surface area contributed by atoms with Crippen LogP contribution in [0.15, 0.2) is 41.3 Å². The fraction of sp³-hybridized carbons (Fsp3) is 0.294. The zero-order valence-electron chi connectivity index (χ0n) is 13.8. The SMILES string of the molecule is CCCc1cc2c(cc1NS(=O)(=O)c1cccc(C(F)(F)F)c1)OCO2. The molecular formula is C17H16F3NO4S. The van der Waals surface area contributed by atoms with Gasteiger partial charge in [0.15, 0.2) is 11.5 Å². The molecule has 0 fully saturated rings. The van der Waals surface area contributed by atoms with Crippen molar-refractivity contribution in [2.45, 2.75) is 30.8 Å². The maximum atomic E-state index is 12.9. The van der Waals surface area contributed by atoms with Gasteiger partial charge in [0.2, 0.25) is 6.79 Å². The molecule has 0 saturated heterocycles. The first-order valence-electron chi connectivity index (χ1n) is 7.83. The number of aryl methyl sites for hydroxylation is 1. The summed E-state index contributed by atoms with van der Waals surface area (Å²) in [5.41, 5.74) is -0.0966. The van der Waals surface area contributed by atoms with Crippen molar-refractivity contribution in [3.05, 3.63) is 47.5 Å². The van der Waals surface area contributed by atoms with Gasteiger partial charge in [0, 0.05) is 6.07 Å². The summed E-state index contributed by atoms with van der Waals surface area (Å²) in [6, 6.07) is 6.76. The van der Waals surface area contributed by atoms with Gasteiger partial charge in [-0.25, -0.2) is 8.42 Å². The summed E-state index contributed by atoms with van der Waals surface area (Å²) >= 11 is 0.